The predicted molar refractivity (Wildman–Crippen MR) is 479 cm³/mol. The molecule has 26 N–H and O–H groups in total. The van der Waals surface area contributed by atoms with Gasteiger partial charge in [0, 0.05) is 11.8 Å². The highest BCUT2D eigenvalue weighted by Gasteiger charge is 2.74. The first kappa shape index (κ1) is 116. The fourth-order valence-electron chi connectivity index (χ4n) is 24.3. The van der Waals surface area contributed by atoms with E-state index in [1.807, 2.05) is 20.8 Å². The van der Waals surface area contributed by atoms with Crippen LogP contribution in [0.1, 0.15) is 153 Å². The number of ether oxygens (including phenoxy) is 18. The fourth-order valence-corrected chi connectivity index (χ4v) is 24.3. The second kappa shape index (κ2) is 45.8. The van der Waals surface area contributed by atoms with Gasteiger partial charge in [-0.2, -0.15) is 0 Å². The molecule has 13 rings (SSSR count). The van der Waals surface area contributed by atoms with E-state index >= 15 is 9.59 Å². The summed E-state index contributed by atoms with van der Waals surface area (Å²) in [5.41, 5.74) is -9.43. The molecule has 47 nitrogen and oxygen atoms in total. The Morgan fingerprint density at radius 3 is 1.46 bits per heavy atom. The minimum Gasteiger partial charge on any atom is -0.458 e. The van der Waals surface area contributed by atoms with Gasteiger partial charge < -0.3 is 218 Å². The van der Waals surface area contributed by atoms with E-state index in [1.54, 1.807) is 20.8 Å². The molecular weight excluding hydrogens is 1910 g/mol. The highest BCUT2D eigenvalue weighted by Crippen LogP contribution is 2.76. The average Bonchev–Trinajstić information content (AvgIpc) is 0.810. The number of carbonyl (C=O) groups is 3. The van der Waals surface area contributed by atoms with E-state index < -0.39 is 379 Å². The maximum atomic E-state index is 16.9. The van der Waals surface area contributed by atoms with E-state index in [9.17, 15) is 138 Å². The van der Waals surface area contributed by atoms with Gasteiger partial charge in [-0.05, 0) is 138 Å². The minimum atomic E-state index is -2.31. The number of hydrogen-bond acceptors (Lipinski definition) is 47. The van der Waals surface area contributed by atoms with Gasteiger partial charge >= 0.3 is 17.9 Å². The molecule has 8 heterocycles. The monoisotopic (exact) mass is 2060 g/mol. The van der Waals surface area contributed by atoms with E-state index in [4.69, 9.17) is 85.3 Å². The lowest BCUT2D eigenvalue weighted by atomic mass is 9.33. The van der Waals surface area contributed by atoms with E-state index in [0.717, 1.165) is 0 Å². The van der Waals surface area contributed by atoms with Gasteiger partial charge in [0.2, 0.25) is 6.29 Å². The quantitative estimate of drug-likeness (QED) is 0.00922. The molecule has 4 saturated carbocycles. The van der Waals surface area contributed by atoms with Gasteiger partial charge in [-0.25, -0.2) is 9.59 Å². The van der Waals surface area contributed by atoms with Crippen LogP contribution in [0.2, 0.25) is 0 Å². The number of allylic oxidation sites excluding steroid dienone is 4. The molecule has 8 saturated heterocycles. The van der Waals surface area contributed by atoms with Crippen molar-refractivity contribution in [2.45, 2.75) is 416 Å². The van der Waals surface area contributed by atoms with E-state index in [1.165, 1.54) is 45.1 Å². The summed E-state index contributed by atoms with van der Waals surface area (Å²) < 4.78 is 110. The molecule has 50 atom stereocenters. The number of aliphatic hydroxyl groups is 26. The lowest BCUT2D eigenvalue weighted by Crippen LogP contribution is -2.70. The molecule has 50 unspecified atom stereocenters. The number of hydrogen-bond donors (Lipinski definition) is 26. The zero-order valence-electron chi connectivity index (χ0n) is 82.0. The number of rotatable bonds is 35. The summed E-state index contributed by atoms with van der Waals surface area (Å²) in [5.74, 6) is -5.03. The lowest BCUT2D eigenvalue weighted by Gasteiger charge is -2.72. The van der Waals surface area contributed by atoms with Crippen LogP contribution in [0.4, 0.5) is 0 Å². The van der Waals surface area contributed by atoms with Crippen molar-refractivity contribution < 1.29 is 232 Å². The SMILES string of the molecule is C=CC(C)(O)CCC=C(CO)C(=O)OC1C(C)OC(OC(C)(C=C)CCC=C(CO)C(=O)OC2CC3(C(=O)OC4OC(CO)C(O)C(O)C4OC4OC(C)C(OC5OC(CO)C(O)C5O)C(OC5OC(CO)C(O)C(O)C5O)C4O)C(O)CC4(C)C(=CCC5C6(C)CCC(OC7OC(COC8OCC(O)C(O)C8O)C(O)C(O)C7OC7OC(CO)C(O)C(O)C7O)C(C)(C)C6CCC54C)C3CC2(C)C)C(O)C1O. The van der Waals surface area contributed by atoms with Crippen LogP contribution in [-0.2, 0) is 99.6 Å². The van der Waals surface area contributed by atoms with Gasteiger partial charge in [0.1, 0.15) is 170 Å². The smallest absolute Gasteiger partial charge is 0.336 e. The predicted octanol–water partition coefficient (Wildman–Crippen LogP) is -7.09. The molecule has 0 amide bonds. The summed E-state index contributed by atoms with van der Waals surface area (Å²) in [6.45, 7) is 20.7. The van der Waals surface area contributed by atoms with Crippen molar-refractivity contribution in [1.82, 2.24) is 0 Å². The van der Waals surface area contributed by atoms with E-state index in [0.29, 0.717) is 31.3 Å². The van der Waals surface area contributed by atoms with Gasteiger partial charge in [0.25, 0.3) is 0 Å². The third kappa shape index (κ3) is 22.4. The van der Waals surface area contributed by atoms with Crippen molar-refractivity contribution in [3.8, 4) is 0 Å². The third-order valence-electron chi connectivity index (χ3n) is 33.6. The Bertz CT molecular complexity index is 4370. The molecule has 13 aliphatic rings. The van der Waals surface area contributed by atoms with E-state index in [-0.39, 0.29) is 67.9 Å². The van der Waals surface area contributed by atoms with E-state index in [2.05, 4.69) is 33.1 Å². The van der Waals surface area contributed by atoms with Crippen LogP contribution in [0.15, 0.2) is 60.3 Å². The van der Waals surface area contributed by atoms with Crippen molar-refractivity contribution in [2.75, 3.05) is 52.9 Å². The molecule has 8 aliphatic heterocycles. The Morgan fingerprint density at radius 1 is 0.448 bits per heavy atom. The van der Waals surface area contributed by atoms with Gasteiger partial charge in [-0.15, -0.1) is 13.2 Å². The van der Waals surface area contributed by atoms with Crippen molar-refractivity contribution in [3.63, 3.8) is 0 Å². The summed E-state index contributed by atoms with van der Waals surface area (Å²) in [6.07, 6.45) is -64.9. The Balaban J connectivity index is 0.802. The van der Waals surface area contributed by atoms with Crippen molar-refractivity contribution in [1.29, 1.82) is 0 Å². The molecule has 143 heavy (non-hydrogen) atoms. The number of fused-ring (bicyclic) bond motifs is 7. The van der Waals surface area contributed by atoms with Gasteiger partial charge in [-0.1, -0.05) is 84.4 Å². The number of esters is 3. The summed E-state index contributed by atoms with van der Waals surface area (Å²) in [7, 11) is 0. The summed E-state index contributed by atoms with van der Waals surface area (Å²) in [5, 5.41) is 290. The van der Waals surface area contributed by atoms with Crippen LogP contribution in [0.25, 0.3) is 0 Å². The molecular formula is C96H152O47. The molecule has 818 valence electrons. The Labute approximate surface area is 826 Å². The first-order chi connectivity index (χ1) is 67.1. The summed E-state index contributed by atoms with van der Waals surface area (Å²) in [4.78, 5) is 45.3. The highest BCUT2D eigenvalue weighted by molar-refractivity contribution is 5.89. The Hall–Kier alpha value is -4.53. The molecule has 47 heteroatoms. The number of carbonyl (C=O) groups excluding carboxylic acids is 3. The van der Waals surface area contributed by atoms with Crippen LogP contribution in [-0.4, -0.2) is 466 Å². The van der Waals surface area contributed by atoms with Crippen LogP contribution < -0.4 is 0 Å². The normalized spacial score (nSPS) is 48.2. The van der Waals surface area contributed by atoms with Gasteiger partial charge in [-0.3, -0.25) is 4.79 Å². The summed E-state index contributed by atoms with van der Waals surface area (Å²) >= 11 is 0. The molecule has 5 aliphatic carbocycles. The maximum Gasteiger partial charge on any atom is 0.336 e. The molecule has 0 bridgehead atoms. The average molecular weight is 2060 g/mol. The molecule has 12 fully saturated rings. The summed E-state index contributed by atoms with van der Waals surface area (Å²) in [6, 6.07) is 0. The lowest BCUT2D eigenvalue weighted by molar-refractivity contribution is -0.390. The van der Waals surface area contributed by atoms with Crippen LogP contribution >= 0.6 is 0 Å². The molecule has 0 spiro atoms. The molecule has 0 aromatic heterocycles. The second-order valence-corrected chi connectivity index (χ2v) is 43.4. The first-order valence-corrected chi connectivity index (χ1v) is 49.2. The Kier molecular flexibility index (Phi) is 37.0. The van der Waals surface area contributed by atoms with Gasteiger partial charge in [0.15, 0.2) is 56.2 Å². The zero-order valence-corrected chi connectivity index (χ0v) is 82.0. The molecule has 0 radical (unpaired) electrons. The molecule has 0 aromatic rings. The van der Waals surface area contributed by atoms with Crippen LogP contribution in [0, 0.1) is 50.2 Å². The fraction of sp³-hybridized carbons (Fsp3) is 0.865. The van der Waals surface area contributed by atoms with Crippen molar-refractivity contribution in [3.05, 3.63) is 60.3 Å². The Morgan fingerprint density at radius 2 is 0.909 bits per heavy atom. The molecule has 0 aromatic carbocycles. The second-order valence-electron chi connectivity index (χ2n) is 43.4. The van der Waals surface area contributed by atoms with Crippen molar-refractivity contribution in [2.24, 2.45) is 50.2 Å². The third-order valence-corrected chi connectivity index (χ3v) is 33.6. The van der Waals surface area contributed by atoms with Crippen LogP contribution in [0.3, 0.4) is 0 Å². The first-order valence-electron chi connectivity index (χ1n) is 49.2. The van der Waals surface area contributed by atoms with Gasteiger partial charge in [0.05, 0.1) is 99.6 Å². The standard InChI is InChI=1S/C96H152O47/c1-14-91(9,125)24-16-18-42(32-98)79(123)137-73-39(3)129-85(71(120)66(73)115)143-92(10,15-2)25-17-19-41(31-97)78(122)135-55-30-96(88(124)142-87-77(64(113)59(108)48(35-101)133-87)141-84-72(121)75(139-82-69(118)62(111)57(106)46(33-99)130-82)74(40(4)128-84)138-81-68(117)60(109)49(36-102)132-81)44(28-89(55,5)6)43-20-21-52-93(11)26-23-54(90(7,8)51(93)22-27-94(52,12)95(43,13)29-53(96)104)136-86-76(140-83-70(119)63(112)58(107)47(34-100)131-83)65(114)61(110)50(134-86)38-127-80-67(116)56(105)45(103)37-126-80/h14-15,18-20,39-40,44-77,80-87,97-121,125H,1-2,16-17,21-38H2,3-13H3. The largest absolute Gasteiger partial charge is 0.458 e. The number of aliphatic hydroxyl groups excluding tert-OH is 25. The van der Waals surface area contributed by atoms with Crippen LogP contribution in [0.5, 0.6) is 0 Å². The maximum absolute atomic E-state index is 16.9. The highest BCUT2D eigenvalue weighted by atomic mass is 16.8. The van der Waals surface area contributed by atoms with Crippen molar-refractivity contribution >= 4 is 17.9 Å². The topological polar surface area (TPSA) is 743 Å². The zero-order chi connectivity index (χ0) is 105. The minimum absolute atomic E-state index is 0.0640.